The molecule has 118 valence electrons. The first-order valence-corrected chi connectivity index (χ1v) is 8.61. The fourth-order valence-corrected chi connectivity index (χ4v) is 3.22. The number of hydrogen-bond acceptors (Lipinski definition) is 4. The monoisotopic (exact) mass is 348 g/mol. The number of hydrogen-bond donors (Lipinski definition) is 1. The topological polar surface area (TPSA) is 72.2 Å². The van der Waals surface area contributed by atoms with Crippen LogP contribution in [0.15, 0.2) is 64.1 Å². The fraction of sp³-hybridized carbons (Fsp3) is 0.0625. The molecule has 23 heavy (non-hydrogen) atoms. The fourth-order valence-electron chi connectivity index (χ4n) is 2.03. The molecule has 0 saturated heterocycles. The SMILES string of the molecule is Cc1nc(-c2ccc(NS(=O)(=O)c3ccc(Cl)cc3)cc2)co1. The lowest BCUT2D eigenvalue weighted by molar-refractivity contribution is 0.521. The quantitative estimate of drug-likeness (QED) is 0.770. The van der Waals surface area contributed by atoms with Gasteiger partial charge in [0.05, 0.1) is 4.90 Å². The number of nitrogens with one attached hydrogen (secondary N) is 1. The molecule has 0 atom stereocenters. The summed E-state index contributed by atoms with van der Waals surface area (Å²) in [7, 11) is -3.65. The smallest absolute Gasteiger partial charge is 0.261 e. The minimum absolute atomic E-state index is 0.151. The van der Waals surface area contributed by atoms with Crippen molar-refractivity contribution in [1.29, 1.82) is 0 Å². The van der Waals surface area contributed by atoms with Gasteiger partial charge < -0.3 is 4.42 Å². The Morgan fingerprint density at radius 2 is 1.70 bits per heavy atom. The van der Waals surface area contributed by atoms with Gasteiger partial charge in [-0.05, 0) is 36.4 Å². The van der Waals surface area contributed by atoms with E-state index in [0.29, 0.717) is 22.3 Å². The van der Waals surface area contributed by atoms with Gasteiger partial charge in [-0.3, -0.25) is 4.72 Å². The standard InChI is InChI=1S/C16H13ClN2O3S/c1-11-18-16(10-22-11)12-2-6-14(7-3-12)19-23(20,21)15-8-4-13(17)5-9-15/h2-10,19H,1H3. The Kier molecular flexibility index (Phi) is 4.11. The van der Waals surface area contributed by atoms with E-state index in [-0.39, 0.29) is 4.90 Å². The molecule has 0 bridgehead atoms. The highest BCUT2D eigenvalue weighted by Gasteiger charge is 2.14. The molecule has 1 heterocycles. The molecular weight excluding hydrogens is 336 g/mol. The minimum atomic E-state index is -3.65. The molecule has 2 aromatic carbocycles. The number of aromatic nitrogens is 1. The second kappa shape index (κ2) is 6.06. The van der Waals surface area contributed by atoms with Crippen LogP contribution in [0, 0.1) is 6.92 Å². The van der Waals surface area contributed by atoms with Gasteiger partial charge in [-0.25, -0.2) is 13.4 Å². The van der Waals surface area contributed by atoms with E-state index in [0.717, 1.165) is 5.56 Å². The van der Waals surface area contributed by atoms with Crippen molar-refractivity contribution in [3.63, 3.8) is 0 Å². The van der Waals surface area contributed by atoms with E-state index in [1.165, 1.54) is 24.3 Å². The van der Waals surface area contributed by atoms with Crippen LogP contribution < -0.4 is 4.72 Å². The molecule has 1 N–H and O–H groups in total. The molecule has 5 nitrogen and oxygen atoms in total. The van der Waals surface area contributed by atoms with E-state index >= 15 is 0 Å². The first-order valence-electron chi connectivity index (χ1n) is 6.75. The van der Waals surface area contributed by atoms with E-state index in [9.17, 15) is 8.42 Å². The van der Waals surface area contributed by atoms with Crippen LogP contribution in [0.1, 0.15) is 5.89 Å². The molecule has 0 radical (unpaired) electrons. The summed E-state index contributed by atoms with van der Waals surface area (Å²) >= 11 is 5.77. The maximum atomic E-state index is 12.3. The van der Waals surface area contributed by atoms with Gasteiger partial charge in [-0.15, -0.1) is 0 Å². The molecular formula is C16H13ClN2O3S. The highest BCUT2D eigenvalue weighted by molar-refractivity contribution is 7.92. The minimum Gasteiger partial charge on any atom is -0.449 e. The van der Waals surface area contributed by atoms with Gasteiger partial charge in [-0.1, -0.05) is 23.7 Å². The van der Waals surface area contributed by atoms with Crippen LogP contribution in [0.3, 0.4) is 0 Å². The van der Waals surface area contributed by atoms with E-state index < -0.39 is 10.0 Å². The largest absolute Gasteiger partial charge is 0.449 e. The number of sulfonamides is 1. The Labute approximate surface area is 139 Å². The zero-order chi connectivity index (χ0) is 16.4. The Bertz CT molecular complexity index is 917. The van der Waals surface area contributed by atoms with Gasteiger partial charge in [0.2, 0.25) is 0 Å². The third-order valence-corrected chi connectivity index (χ3v) is 4.83. The zero-order valence-electron chi connectivity index (χ0n) is 12.2. The summed E-state index contributed by atoms with van der Waals surface area (Å²) in [6.45, 7) is 1.76. The van der Waals surface area contributed by atoms with Crippen molar-refractivity contribution < 1.29 is 12.8 Å². The Balaban J connectivity index is 1.81. The molecule has 0 saturated carbocycles. The normalized spacial score (nSPS) is 11.4. The molecule has 0 fully saturated rings. The van der Waals surface area contributed by atoms with Crippen molar-refractivity contribution in [2.24, 2.45) is 0 Å². The van der Waals surface area contributed by atoms with Gasteiger partial charge in [0.1, 0.15) is 12.0 Å². The van der Waals surface area contributed by atoms with Crippen LogP contribution in [0.4, 0.5) is 5.69 Å². The van der Waals surface area contributed by atoms with E-state index in [1.807, 2.05) is 0 Å². The number of benzene rings is 2. The highest BCUT2D eigenvalue weighted by atomic mass is 35.5. The second-order valence-corrected chi connectivity index (χ2v) is 7.01. The van der Waals surface area contributed by atoms with Crippen molar-refractivity contribution in [3.05, 3.63) is 65.7 Å². The van der Waals surface area contributed by atoms with Crippen LogP contribution in [0.5, 0.6) is 0 Å². The summed E-state index contributed by atoms with van der Waals surface area (Å²) in [6, 6.07) is 12.9. The van der Waals surface area contributed by atoms with Gasteiger partial charge in [0, 0.05) is 23.2 Å². The van der Waals surface area contributed by atoms with Crippen molar-refractivity contribution >= 4 is 27.3 Å². The van der Waals surface area contributed by atoms with Crippen molar-refractivity contribution in [3.8, 4) is 11.3 Å². The van der Waals surface area contributed by atoms with Crippen molar-refractivity contribution in [1.82, 2.24) is 4.98 Å². The molecule has 0 aliphatic carbocycles. The third-order valence-electron chi connectivity index (χ3n) is 3.18. The molecule has 1 aromatic heterocycles. The summed E-state index contributed by atoms with van der Waals surface area (Å²) in [5.41, 5.74) is 2.01. The van der Waals surface area contributed by atoms with E-state index in [1.54, 1.807) is 37.5 Å². The molecule has 7 heteroatoms. The molecule has 0 aliphatic rings. The predicted molar refractivity (Wildman–Crippen MR) is 88.9 cm³/mol. The lowest BCUT2D eigenvalue weighted by Gasteiger charge is -2.08. The highest BCUT2D eigenvalue weighted by Crippen LogP contribution is 2.23. The van der Waals surface area contributed by atoms with Crippen LogP contribution >= 0.6 is 11.6 Å². The van der Waals surface area contributed by atoms with Gasteiger partial charge in [0.25, 0.3) is 10.0 Å². The lowest BCUT2D eigenvalue weighted by atomic mass is 10.1. The van der Waals surface area contributed by atoms with Gasteiger partial charge in [0.15, 0.2) is 5.89 Å². The molecule has 0 amide bonds. The van der Waals surface area contributed by atoms with Gasteiger partial charge >= 0.3 is 0 Å². The van der Waals surface area contributed by atoms with Crippen LogP contribution in [-0.4, -0.2) is 13.4 Å². The maximum Gasteiger partial charge on any atom is 0.261 e. The van der Waals surface area contributed by atoms with Crippen molar-refractivity contribution in [2.45, 2.75) is 11.8 Å². The maximum absolute atomic E-state index is 12.3. The van der Waals surface area contributed by atoms with Crippen LogP contribution in [0.2, 0.25) is 5.02 Å². The molecule has 3 rings (SSSR count). The first-order chi connectivity index (χ1) is 10.9. The summed E-state index contributed by atoms with van der Waals surface area (Å²) < 4.78 is 32.3. The number of oxazole rings is 1. The molecule has 0 unspecified atom stereocenters. The number of anilines is 1. The Morgan fingerprint density at radius 1 is 1.04 bits per heavy atom. The second-order valence-electron chi connectivity index (χ2n) is 4.89. The summed E-state index contributed by atoms with van der Waals surface area (Å²) in [5.74, 6) is 0.576. The lowest BCUT2D eigenvalue weighted by Crippen LogP contribution is -2.12. The number of halogens is 1. The summed E-state index contributed by atoms with van der Waals surface area (Å²) in [5, 5.41) is 0.483. The van der Waals surface area contributed by atoms with E-state index in [2.05, 4.69) is 9.71 Å². The molecule has 3 aromatic rings. The third kappa shape index (κ3) is 3.55. The number of rotatable bonds is 4. The average Bonchev–Trinajstić information content (AvgIpc) is 2.95. The number of nitrogens with zero attached hydrogens (tertiary/aromatic N) is 1. The Morgan fingerprint density at radius 3 is 2.26 bits per heavy atom. The van der Waals surface area contributed by atoms with E-state index in [4.69, 9.17) is 16.0 Å². The zero-order valence-corrected chi connectivity index (χ0v) is 13.7. The average molecular weight is 349 g/mol. The Hall–Kier alpha value is -2.31. The van der Waals surface area contributed by atoms with Crippen LogP contribution in [-0.2, 0) is 10.0 Å². The molecule has 0 aliphatic heterocycles. The number of aryl methyl sites for hydroxylation is 1. The van der Waals surface area contributed by atoms with Crippen molar-refractivity contribution in [2.75, 3.05) is 4.72 Å². The molecule has 0 spiro atoms. The summed E-state index contributed by atoms with van der Waals surface area (Å²) in [6.07, 6.45) is 1.56. The predicted octanol–water partition coefficient (Wildman–Crippen LogP) is 4.10. The van der Waals surface area contributed by atoms with Crippen LogP contribution in [0.25, 0.3) is 11.3 Å². The summed E-state index contributed by atoms with van der Waals surface area (Å²) in [4.78, 5) is 4.37. The first kappa shape index (κ1) is 15.6. The van der Waals surface area contributed by atoms with Gasteiger partial charge in [-0.2, -0.15) is 0 Å².